The molecule has 0 radical (unpaired) electrons. The number of carbonyl (C=O) groups is 1. The van der Waals surface area contributed by atoms with E-state index >= 15 is 0 Å². The Kier molecular flexibility index (Phi) is 8.27. The molecule has 0 spiro atoms. The Morgan fingerprint density at radius 1 is 1.20 bits per heavy atom. The van der Waals surface area contributed by atoms with Crippen LogP contribution in [0.1, 0.15) is 33.1 Å². The Hall–Kier alpha value is -0.650. The third kappa shape index (κ3) is 7.30. The van der Waals surface area contributed by atoms with Crippen LogP contribution in [0.3, 0.4) is 0 Å². The van der Waals surface area contributed by atoms with Crippen LogP contribution in [0.15, 0.2) is 0 Å². The van der Waals surface area contributed by atoms with E-state index in [9.17, 15) is 4.79 Å². The van der Waals surface area contributed by atoms with Gasteiger partial charge in [0.1, 0.15) is 0 Å². The Bertz CT molecular complexity index is 170. The van der Waals surface area contributed by atoms with Gasteiger partial charge in [-0.3, -0.25) is 4.79 Å². The number of nitrogens with two attached hydrogens (primary N) is 2. The van der Waals surface area contributed by atoms with Crippen molar-refractivity contribution in [3.63, 3.8) is 0 Å². The predicted molar refractivity (Wildman–Crippen MR) is 58.1 cm³/mol. The summed E-state index contributed by atoms with van der Waals surface area (Å²) in [4.78, 5) is 10.7. The molecule has 1 atom stereocenters. The maximum absolute atomic E-state index is 10.7. The van der Waals surface area contributed by atoms with Crippen molar-refractivity contribution in [2.75, 3.05) is 13.2 Å². The number of primary amides is 1. The van der Waals surface area contributed by atoms with Crippen molar-refractivity contribution < 1.29 is 14.3 Å². The molecule has 0 heterocycles. The molecular formula is C10H22N2O3. The van der Waals surface area contributed by atoms with Crippen molar-refractivity contribution in [1.82, 2.24) is 0 Å². The first-order chi connectivity index (χ1) is 7.11. The van der Waals surface area contributed by atoms with Crippen LogP contribution >= 0.6 is 0 Å². The molecule has 0 aliphatic rings. The van der Waals surface area contributed by atoms with Crippen molar-refractivity contribution in [1.29, 1.82) is 0 Å². The summed E-state index contributed by atoms with van der Waals surface area (Å²) in [5.41, 5.74) is 10.5. The van der Waals surface area contributed by atoms with Gasteiger partial charge in [0.25, 0.3) is 0 Å². The molecule has 0 rings (SSSR count). The monoisotopic (exact) mass is 218 g/mol. The van der Waals surface area contributed by atoms with E-state index in [4.69, 9.17) is 20.9 Å². The summed E-state index contributed by atoms with van der Waals surface area (Å²) in [6.45, 7) is 5.07. The molecule has 5 heteroatoms. The zero-order valence-corrected chi connectivity index (χ0v) is 9.57. The van der Waals surface area contributed by atoms with Crippen LogP contribution in [0.2, 0.25) is 0 Å². The van der Waals surface area contributed by atoms with E-state index in [2.05, 4.69) is 0 Å². The van der Waals surface area contributed by atoms with E-state index in [1.165, 1.54) is 0 Å². The van der Waals surface area contributed by atoms with Gasteiger partial charge in [-0.25, -0.2) is 0 Å². The highest BCUT2D eigenvalue weighted by Crippen LogP contribution is 2.07. The first-order valence-corrected chi connectivity index (χ1v) is 5.39. The SMILES string of the molecule is CCOC(CCC[C@H](N)C(N)=O)OCC. The Labute approximate surface area is 91.1 Å². The third-order valence-electron chi connectivity index (χ3n) is 2.03. The van der Waals surface area contributed by atoms with E-state index < -0.39 is 11.9 Å². The molecule has 5 nitrogen and oxygen atoms in total. The number of hydrogen-bond acceptors (Lipinski definition) is 4. The average molecular weight is 218 g/mol. The van der Waals surface area contributed by atoms with Gasteiger partial charge >= 0.3 is 0 Å². The zero-order chi connectivity index (χ0) is 11.7. The summed E-state index contributed by atoms with van der Waals surface area (Å²) in [6.07, 6.45) is 1.89. The van der Waals surface area contributed by atoms with Crippen LogP contribution in [0, 0.1) is 0 Å². The summed E-state index contributed by atoms with van der Waals surface area (Å²) in [5, 5.41) is 0. The number of rotatable bonds is 9. The molecule has 0 aromatic carbocycles. The van der Waals surface area contributed by atoms with E-state index in [-0.39, 0.29) is 6.29 Å². The number of carbonyl (C=O) groups excluding carboxylic acids is 1. The second kappa shape index (κ2) is 8.64. The Morgan fingerprint density at radius 3 is 2.13 bits per heavy atom. The standard InChI is InChI=1S/C10H22N2O3/c1-3-14-9(15-4-2)7-5-6-8(11)10(12)13/h8-9H,3-7,11H2,1-2H3,(H2,12,13)/t8-/m0/s1. The second-order valence-corrected chi connectivity index (χ2v) is 3.28. The smallest absolute Gasteiger partial charge is 0.234 e. The van der Waals surface area contributed by atoms with Gasteiger partial charge in [-0.15, -0.1) is 0 Å². The van der Waals surface area contributed by atoms with Crippen molar-refractivity contribution in [2.45, 2.75) is 45.4 Å². The van der Waals surface area contributed by atoms with Gasteiger partial charge in [0.05, 0.1) is 6.04 Å². The number of hydrogen-bond donors (Lipinski definition) is 2. The fourth-order valence-electron chi connectivity index (χ4n) is 1.23. The molecule has 0 bridgehead atoms. The topological polar surface area (TPSA) is 87.6 Å². The van der Waals surface area contributed by atoms with Crippen LogP contribution in [0.25, 0.3) is 0 Å². The first-order valence-electron chi connectivity index (χ1n) is 5.39. The van der Waals surface area contributed by atoms with Crippen LogP contribution < -0.4 is 11.5 Å². The molecule has 15 heavy (non-hydrogen) atoms. The van der Waals surface area contributed by atoms with Crippen molar-refractivity contribution in [2.24, 2.45) is 11.5 Å². The maximum atomic E-state index is 10.7. The third-order valence-corrected chi connectivity index (χ3v) is 2.03. The van der Waals surface area contributed by atoms with Gasteiger partial charge in [-0.2, -0.15) is 0 Å². The lowest BCUT2D eigenvalue weighted by Crippen LogP contribution is -2.36. The van der Waals surface area contributed by atoms with Gasteiger partial charge in [0.2, 0.25) is 5.91 Å². The van der Waals surface area contributed by atoms with Crippen molar-refractivity contribution in [3.05, 3.63) is 0 Å². The van der Waals surface area contributed by atoms with E-state index in [1.54, 1.807) is 0 Å². The minimum atomic E-state index is -0.561. The normalized spacial score (nSPS) is 13.1. The van der Waals surface area contributed by atoms with Gasteiger partial charge < -0.3 is 20.9 Å². The molecule has 0 aliphatic carbocycles. The Morgan fingerprint density at radius 2 is 1.73 bits per heavy atom. The number of ether oxygens (including phenoxy) is 2. The molecule has 0 aliphatic heterocycles. The molecule has 4 N–H and O–H groups in total. The highest BCUT2D eigenvalue weighted by molar-refractivity contribution is 5.79. The molecule has 0 fully saturated rings. The second-order valence-electron chi connectivity index (χ2n) is 3.28. The number of amides is 1. The lowest BCUT2D eigenvalue weighted by atomic mass is 10.1. The summed E-state index contributed by atoms with van der Waals surface area (Å²) < 4.78 is 10.7. The van der Waals surface area contributed by atoms with E-state index in [0.717, 1.165) is 12.8 Å². The predicted octanol–water partition coefficient (Wildman–Crippen LogP) is 0.368. The lowest BCUT2D eigenvalue weighted by Gasteiger charge is -2.17. The quantitative estimate of drug-likeness (QED) is 0.547. The molecule has 0 aromatic heterocycles. The summed E-state index contributed by atoms with van der Waals surface area (Å²) >= 11 is 0. The van der Waals surface area contributed by atoms with Crippen LogP contribution in [0.5, 0.6) is 0 Å². The fourth-order valence-corrected chi connectivity index (χ4v) is 1.23. The first kappa shape index (κ1) is 14.3. The highest BCUT2D eigenvalue weighted by atomic mass is 16.7. The molecule has 0 aromatic rings. The molecule has 90 valence electrons. The molecular weight excluding hydrogens is 196 g/mol. The zero-order valence-electron chi connectivity index (χ0n) is 9.57. The fraction of sp³-hybridized carbons (Fsp3) is 0.900. The van der Waals surface area contributed by atoms with Gasteiger partial charge in [-0.05, 0) is 33.1 Å². The molecule has 0 unspecified atom stereocenters. The molecule has 0 saturated heterocycles. The van der Waals surface area contributed by atoms with Gasteiger partial charge in [-0.1, -0.05) is 0 Å². The lowest BCUT2D eigenvalue weighted by molar-refractivity contribution is -0.140. The minimum absolute atomic E-state index is 0.194. The van der Waals surface area contributed by atoms with Crippen molar-refractivity contribution >= 4 is 5.91 Å². The summed E-state index contributed by atoms with van der Waals surface area (Å²) in [5.74, 6) is -0.459. The van der Waals surface area contributed by atoms with Crippen LogP contribution in [-0.2, 0) is 14.3 Å². The minimum Gasteiger partial charge on any atom is -0.368 e. The maximum Gasteiger partial charge on any atom is 0.234 e. The summed E-state index contributed by atoms with van der Waals surface area (Å²) in [6, 6.07) is -0.561. The molecule has 0 saturated carbocycles. The largest absolute Gasteiger partial charge is 0.368 e. The van der Waals surface area contributed by atoms with E-state index in [0.29, 0.717) is 19.6 Å². The van der Waals surface area contributed by atoms with Gasteiger partial charge in [0, 0.05) is 13.2 Å². The Balaban J connectivity index is 3.64. The van der Waals surface area contributed by atoms with Crippen LogP contribution in [0.4, 0.5) is 0 Å². The molecule has 1 amide bonds. The van der Waals surface area contributed by atoms with E-state index in [1.807, 2.05) is 13.8 Å². The average Bonchev–Trinajstić information content (AvgIpc) is 2.18. The highest BCUT2D eigenvalue weighted by Gasteiger charge is 2.12. The summed E-state index contributed by atoms with van der Waals surface area (Å²) in [7, 11) is 0. The van der Waals surface area contributed by atoms with Gasteiger partial charge in [0.15, 0.2) is 6.29 Å². The van der Waals surface area contributed by atoms with Crippen LogP contribution in [-0.4, -0.2) is 31.5 Å². The van der Waals surface area contributed by atoms with Crippen molar-refractivity contribution in [3.8, 4) is 0 Å².